The molecule has 2 rings (SSSR count). The number of hydrogen-bond acceptors (Lipinski definition) is 3. The number of thioether (sulfide) groups is 1. The molecular formula is C17H17FN2O2S. The fraction of sp³-hybridized carbons (Fsp3) is 0.176. The van der Waals surface area contributed by atoms with E-state index in [9.17, 15) is 14.0 Å². The molecule has 0 bridgehead atoms. The third-order valence-electron chi connectivity index (χ3n) is 2.98. The summed E-state index contributed by atoms with van der Waals surface area (Å²) in [6.07, 6.45) is 0. The first kappa shape index (κ1) is 17.0. The Kier molecular flexibility index (Phi) is 6.17. The lowest BCUT2D eigenvalue weighted by atomic mass is 10.2. The average Bonchev–Trinajstić information content (AvgIpc) is 2.53. The zero-order valence-electron chi connectivity index (χ0n) is 12.6. The van der Waals surface area contributed by atoms with Crippen LogP contribution >= 0.6 is 11.8 Å². The third kappa shape index (κ3) is 5.75. The normalized spacial score (nSPS) is 10.2. The topological polar surface area (TPSA) is 58.2 Å². The Morgan fingerprint density at radius 1 is 1.09 bits per heavy atom. The van der Waals surface area contributed by atoms with Crippen LogP contribution < -0.4 is 10.6 Å². The molecule has 0 aliphatic heterocycles. The van der Waals surface area contributed by atoms with Crippen molar-refractivity contribution in [3.63, 3.8) is 0 Å². The molecule has 2 aromatic rings. The lowest BCUT2D eigenvalue weighted by molar-refractivity contribution is -0.118. The van der Waals surface area contributed by atoms with Gasteiger partial charge in [0.25, 0.3) is 0 Å². The maximum absolute atomic E-state index is 13.4. The minimum atomic E-state index is -0.325. The minimum absolute atomic E-state index is 0.127. The molecule has 0 saturated heterocycles. The van der Waals surface area contributed by atoms with Crippen molar-refractivity contribution in [2.45, 2.75) is 18.4 Å². The van der Waals surface area contributed by atoms with Crippen LogP contribution in [-0.4, -0.2) is 17.6 Å². The van der Waals surface area contributed by atoms with Crippen LogP contribution in [0.15, 0.2) is 53.4 Å². The molecule has 2 N–H and O–H groups in total. The molecule has 0 aromatic heterocycles. The molecule has 0 fully saturated rings. The highest BCUT2D eigenvalue weighted by Crippen LogP contribution is 2.20. The number of hydrogen-bond donors (Lipinski definition) is 2. The molecule has 2 amide bonds. The number of anilines is 1. The molecule has 23 heavy (non-hydrogen) atoms. The molecule has 0 aliphatic carbocycles. The second-order valence-electron chi connectivity index (χ2n) is 4.86. The SMILES string of the molecule is CC(=O)Nc1ccc(SCC(=O)NCc2ccccc2F)cc1. The van der Waals surface area contributed by atoms with E-state index in [4.69, 9.17) is 0 Å². The van der Waals surface area contributed by atoms with Gasteiger partial charge in [0.15, 0.2) is 0 Å². The molecule has 2 aromatic carbocycles. The molecule has 6 heteroatoms. The second kappa shape index (κ2) is 8.33. The van der Waals surface area contributed by atoms with Gasteiger partial charge in [-0.25, -0.2) is 4.39 Å². The van der Waals surface area contributed by atoms with Crippen molar-refractivity contribution in [2.24, 2.45) is 0 Å². The summed E-state index contributed by atoms with van der Waals surface area (Å²) in [6, 6.07) is 13.6. The Bertz CT molecular complexity index is 689. The maximum Gasteiger partial charge on any atom is 0.230 e. The van der Waals surface area contributed by atoms with Crippen LogP contribution in [0.3, 0.4) is 0 Å². The third-order valence-corrected chi connectivity index (χ3v) is 3.99. The number of nitrogens with one attached hydrogen (secondary N) is 2. The van der Waals surface area contributed by atoms with Crippen LogP contribution in [0.2, 0.25) is 0 Å². The lowest BCUT2D eigenvalue weighted by Crippen LogP contribution is -2.25. The number of amides is 2. The minimum Gasteiger partial charge on any atom is -0.351 e. The average molecular weight is 332 g/mol. The van der Waals surface area contributed by atoms with E-state index in [1.165, 1.54) is 24.8 Å². The Labute approximate surface area is 138 Å². The van der Waals surface area contributed by atoms with Crippen molar-refractivity contribution in [3.8, 4) is 0 Å². The molecule has 0 atom stereocenters. The van der Waals surface area contributed by atoms with Gasteiger partial charge in [-0.15, -0.1) is 11.8 Å². The van der Waals surface area contributed by atoms with Crippen molar-refractivity contribution in [3.05, 3.63) is 59.9 Å². The van der Waals surface area contributed by atoms with E-state index in [0.717, 1.165) is 4.90 Å². The summed E-state index contributed by atoms with van der Waals surface area (Å²) in [5.74, 6) is -0.371. The van der Waals surface area contributed by atoms with Crippen molar-refractivity contribution in [2.75, 3.05) is 11.1 Å². The van der Waals surface area contributed by atoms with Gasteiger partial charge in [-0.1, -0.05) is 18.2 Å². The summed E-state index contributed by atoms with van der Waals surface area (Å²) in [5, 5.41) is 5.37. The number of carbonyl (C=O) groups is 2. The Hall–Kier alpha value is -2.34. The Morgan fingerprint density at radius 2 is 1.78 bits per heavy atom. The van der Waals surface area contributed by atoms with E-state index in [0.29, 0.717) is 11.3 Å². The Morgan fingerprint density at radius 3 is 2.43 bits per heavy atom. The first-order chi connectivity index (χ1) is 11.0. The van der Waals surface area contributed by atoms with Gasteiger partial charge in [0, 0.05) is 29.6 Å². The summed E-state index contributed by atoms with van der Waals surface area (Å²) in [6.45, 7) is 1.62. The molecule has 4 nitrogen and oxygen atoms in total. The molecule has 0 spiro atoms. The van der Waals surface area contributed by atoms with Crippen LogP contribution in [0.4, 0.5) is 10.1 Å². The Balaban J connectivity index is 1.78. The van der Waals surface area contributed by atoms with E-state index in [1.807, 2.05) is 12.1 Å². The van der Waals surface area contributed by atoms with Crippen molar-refractivity contribution >= 4 is 29.3 Å². The number of rotatable bonds is 6. The van der Waals surface area contributed by atoms with E-state index < -0.39 is 0 Å². The zero-order chi connectivity index (χ0) is 16.7. The van der Waals surface area contributed by atoms with E-state index in [2.05, 4.69) is 10.6 Å². The largest absolute Gasteiger partial charge is 0.351 e. The van der Waals surface area contributed by atoms with Gasteiger partial charge in [-0.3, -0.25) is 9.59 Å². The van der Waals surface area contributed by atoms with Gasteiger partial charge in [0.05, 0.1) is 5.75 Å². The summed E-state index contributed by atoms with van der Waals surface area (Å²) in [4.78, 5) is 23.6. The summed E-state index contributed by atoms with van der Waals surface area (Å²) in [5.41, 5.74) is 1.18. The highest BCUT2D eigenvalue weighted by molar-refractivity contribution is 8.00. The molecule has 0 aliphatic rings. The molecular weight excluding hydrogens is 315 g/mol. The number of halogens is 1. The van der Waals surface area contributed by atoms with Crippen LogP contribution in [-0.2, 0) is 16.1 Å². The van der Waals surface area contributed by atoms with Crippen LogP contribution in [0.5, 0.6) is 0 Å². The first-order valence-electron chi connectivity index (χ1n) is 7.05. The highest BCUT2D eigenvalue weighted by Gasteiger charge is 2.05. The van der Waals surface area contributed by atoms with Gasteiger partial charge < -0.3 is 10.6 Å². The first-order valence-corrected chi connectivity index (χ1v) is 8.04. The van der Waals surface area contributed by atoms with E-state index in [-0.39, 0.29) is 29.9 Å². The fourth-order valence-corrected chi connectivity index (χ4v) is 2.60. The number of benzene rings is 2. The van der Waals surface area contributed by atoms with Crippen molar-refractivity contribution < 1.29 is 14.0 Å². The van der Waals surface area contributed by atoms with Gasteiger partial charge in [-0.2, -0.15) is 0 Å². The summed E-state index contributed by atoms with van der Waals surface area (Å²) < 4.78 is 13.4. The molecule has 0 radical (unpaired) electrons. The maximum atomic E-state index is 13.4. The van der Waals surface area contributed by atoms with Crippen molar-refractivity contribution in [1.82, 2.24) is 5.32 Å². The molecule has 0 heterocycles. The quantitative estimate of drug-likeness (QED) is 0.799. The summed E-state index contributed by atoms with van der Waals surface area (Å²) >= 11 is 1.38. The molecule has 0 unspecified atom stereocenters. The van der Waals surface area contributed by atoms with Crippen LogP contribution in [0, 0.1) is 5.82 Å². The number of carbonyl (C=O) groups excluding carboxylic acids is 2. The lowest BCUT2D eigenvalue weighted by Gasteiger charge is -2.07. The predicted octanol–water partition coefficient (Wildman–Crippen LogP) is 3.19. The summed E-state index contributed by atoms with van der Waals surface area (Å²) in [7, 11) is 0. The highest BCUT2D eigenvalue weighted by atomic mass is 32.2. The van der Waals surface area contributed by atoms with E-state index >= 15 is 0 Å². The van der Waals surface area contributed by atoms with Gasteiger partial charge in [0.2, 0.25) is 11.8 Å². The molecule has 120 valence electrons. The van der Waals surface area contributed by atoms with Gasteiger partial charge in [-0.05, 0) is 30.3 Å². The van der Waals surface area contributed by atoms with Gasteiger partial charge >= 0.3 is 0 Å². The predicted molar refractivity (Wildman–Crippen MR) is 89.7 cm³/mol. The van der Waals surface area contributed by atoms with E-state index in [1.54, 1.807) is 30.3 Å². The zero-order valence-corrected chi connectivity index (χ0v) is 13.5. The monoisotopic (exact) mass is 332 g/mol. The van der Waals surface area contributed by atoms with Crippen molar-refractivity contribution in [1.29, 1.82) is 0 Å². The second-order valence-corrected chi connectivity index (χ2v) is 5.91. The fourth-order valence-electron chi connectivity index (χ4n) is 1.87. The standard InChI is InChI=1S/C17H17FN2O2S/c1-12(21)20-14-6-8-15(9-7-14)23-11-17(22)19-10-13-4-2-3-5-16(13)18/h2-9H,10-11H2,1H3,(H,19,22)(H,20,21). The molecule has 0 saturated carbocycles. The van der Waals surface area contributed by atoms with Crippen LogP contribution in [0.25, 0.3) is 0 Å². The smallest absolute Gasteiger partial charge is 0.230 e. The van der Waals surface area contributed by atoms with Crippen LogP contribution in [0.1, 0.15) is 12.5 Å². The van der Waals surface area contributed by atoms with Gasteiger partial charge in [0.1, 0.15) is 5.82 Å².